The first-order valence-corrected chi connectivity index (χ1v) is 9.31. The molecule has 4 aromatic rings. The van der Waals surface area contributed by atoms with E-state index in [9.17, 15) is 10.4 Å². The van der Waals surface area contributed by atoms with Gasteiger partial charge >= 0.3 is 0 Å². The third-order valence-electron chi connectivity index (χ3n) is 4.68. The average Bonchev–Trinajstić information content (AvgIpc) is 3.09. The van der Waals surface area contributed by atoms with Crippen molar-refractivity contribution >= 4 is 40.2 Å². The maximum atomic E-state index is 9.60. The summed E-state index contributed by atoms with van der Waals surface area (Å²) in [6.45, 7) is 1.90. The molecule has 1 aromatic carbocycles. The number of phenols is 1. The second kappa shape index (κ2) is 7.42. The van der Waals surface area contributed by atoms with Gasteiger partial charge in [-0.25, -0.2) is 4.98 Å². The molecule has 4 rings (SSSR count). The van der Waals surface area contributed by atoms with Gasteiger partial charge in [0.15, 0.2) is 5.82 Å². The number of aromatic hydroxyl groups is 1. The average molecular weight is 421 g/mol. The van der Waals surface area contributed by atoms with Crippen LogP contribution in [0.15, 0.2) is 42.7 Å². The lowest BCUT2D eigenvalue weighted by Crippen LogP contribution is -2.13. The molecule has 1 unspecified atom stereocenters. The van der Waals surface area contributed by atoms with Crippen LogP contribution in [0, 0.1) is 11.3 Å². The number of nitrogens with one attached hydrogen (secondary N) is 1. The van der Waals surface area contributed by atoms with Gasteiger partial charge in [-0.15, -0.1) is 0 Å². The number of benzene rings is 1. The molecule has 0 radical (unpaired) electrons. The molecule has 3 heterocycles. The Morgan fingerprint density at radius 1 is 1.20 bits per heavy atom. The van der Waals surface area contributed by atoms with Gasteiger partial charge in [0.1, 0.15) is 28.8 Å². The molecule has 6 N–H and O–H groups in total. The van der Waals surface area contributed by atoms with Crippen molar-refractivity contribution in [2.45, 2.75) is 13.0 Å². The highest BCUT2D eigenvalue weighted by Gasteiger charge is 2.21. The number of rotatable bonds is 4. The fourth-order valence-electron chi connectivity index (χ4n) is 3.27. The van der Waals surface area contributed by atoms with E-state index in [0.29, 0.717) is 10.7 Å². The smallest absolute Gasteiger partial charge is 0.224 e. The number of aromatic nitrogens is 4. The van der Waals surface area contributed by atoms with Crippen molar-refractivity contribution in [1.29, 1.82) is 5.26 Å². The summed E-state index contributed by atoms with van der Waals surface area (Å²) in [6.07, 6.45) is 3.52. The molecule has 150 valence electrons. The SMILES string of the molecule is CC(Nc1nc(N)nc(N)c1C#N)c1cn(-c2ccc(O)cc2)c2nccc(Cl)c12. The van der Waals surface area contributed by atoms with E-state index in [1.807, 2.05) is 23.8 Å². The van der Waals surface area contributed by atoms with Crippen molar-refractivity contribution in [2.75, 3.05) is 16.8 Å². The van der Waals surface area contributed by atoms with Crippen molar-refractivity contribution in [2.24, 2.45) is 0 Å². The molecule has 0 bridgehead atoms. The fourth-order valence-corrected chi connectivity index (χ4v) is 3.52. The molecule has 0 fully saturated rings. The maximum Gasteiger partial charge on any atom is 0.224 e. The third-order valence-corrected chi connectivity index (χ3v) is 4.99. The van der Waals surface area contributed by atoms with Gasteiger partial charge in [0, 0.05) is 29.0 Å². The highest BCUT2D eigenvalue weighted by Crippen LogP contribution is 2.35. The zero-order valence-corrected chi connectivity index (χ0v) is 16.6. The number of pyridine rings is 1. The largest absolute Gasteiger partial charge is 0.508 e. The molecule has 10 heteroatoms. The third kappa shape index (κ3) is 3.29. The monoisotopic (exact) mass is 420 g/mol. The number of nitrogen functional groups attached to an aromatic ring is 2. The number of phenolic OH excluding ortho intramolecular Hbond substituents is 1. The van der Waals surface area contributed by atoms with E-state index in [1.54, 1.807) is 36.5 Å². The zero-order chi connectivity index (χ0) is 21.4. The van der Waals surface area contributed by atoms with E-state index in [2.05, 4.69) is 20.3 Å². The van der Waals surface area contributed by atoms with Gasteiger partial charge < -0.3 is 26.5 Å². The van der Waals surface area contributed by atoms with Crippen molar-refractivity contribution in [3.63, 3.8) is 0 Å². The topological polar surface area (TPSA) is 152 Å². The number of nitrogens with two attached hydrogens (primary N) is 2. The normalized spacial score (nSPS) is 11.9. The van der Waals surface area contributed by atoms with Gasteiger partial charge in [-0.1, -0.05) is 11.6 Å². The van der Waals surface area contributed by atoms with Gasteiger partial charge in [-0.05, 0) is 37.3 Å². The van der Waals surface area contributed by atoms with Crippen molar-refractivity contribution in [1.82, 2.24) is 19.5 Å². The Balaban J connectivity index is 1.84. The van der Waals surface area contributed by atoms with Crippen LogP contribution in [0.2, 0.25) is 5.02 Å². The minimum absolute atomic E-state index is 0.00548. The number of fused-ring (bicyclic) bond motifs is 1. The van der Waals surface area contributed by atoms with Crippen LogP contribution in [-0.4, -0.2) is 24.6 Å². The Morgan fingerprint density at radius 2 is 1.93 bits per heavy atom. The molecule has 9 nitrogen and oxygen atoms in total. The standard InChI is InChI=1S/C20H17ClN8O/c1-10(26-18-13(8-22)17(23)27-20(24)28-18)14-9-29(11-2-4-12(30)5-3-11)19-16(14)15(21)6-7-25-19/h2-7,9-10,30H,1H3,(H5,23,24,26,27,28). The van der Waals surface area contributed by atoms with Crippen molar-refractivity contribution < 1.29 is 5.11 Å². The Morgan fingerprint density at radius 3 is 2.63 bits per heavy atom. The van der Waals surface area contributed by atoms with E-state index in [0.717, 1.165) is 16.6 Å². The molecule has 1 atom stereocenters. The molecule has 3 aromatic heterocycles. The highest BCUT2D eigenvalue weighted by atomic mass is 35.5. The predicted octanol–water partition coefficient (Wildman–Crippen LogP) is 3.38. The van der Waals surface area contributed by atoms with E-state index in [4.69, 9.17) is 23.1 Å². The second-order valence-electron chi connectivity index (χ2n) is 6.63. The van der Waals surface area contributed by atoms with Gasteiger partial charge in [-0.3, -0.25) is 0 Å². The summed E-state index contributed by atoms with van der Waals surface area (Å²) < 4.78 is 1.88. The molecular formula is C20H17ClN8O. The number of nitrogens with zero attached hydrogens (tertiary/aromatic N) is 5. The summed E-state index contributed by atoms with van der Waals surface area (Å²) in [7, 11) is 0. The molecular weight excluding hydrogens is 404 g/mol. The van der Waals surface area contributed by atoms with Crippen LogP contribution in [0.4, 0.5) is 17.6 Å². The van der Waals surface area contributed by atoms with Gasteiger partial charge in [0.05, 0.1) is 11.1 Å². The lowest BCUT2D eigenvalue weighted by atomic mass is 10.1. The summed E-state index contributed by atoms with van der Waals surface area (Å²) in [4.78, 5) is 12.4. The minimum Gasteiger partial charge on any atom is -0.508 e. The number of anilines is 3. The Labute approximate surface area is 176 Å². The molecule has 0 aliphatic rings. The van der Waals surface area contributed by atoms with Gasteiger partial charge in [-0.2, -0.15) is 15.2 Å². The first kappa shape index (κ1) is 19.3. The molecule has 30 heavy (non-hydrogen) atoms. The lowest BCUT2D eigenvalue weighted by Gasteiger charge is -2.16. The van der Waals surface area contributed by atoms with E-state index in [-0.39, 0.29) is 34.9 Å². The summed E-state index contributed by atoms with van der Waals surface area (Å²) in [6, 6.07) is 10.1. The van der Waals surface area contributed by atoms with Crippen LogP contribution in [0.25, 0.3) is 16.7 Å². The Hall–Kier alpha value is -4.03. The number of halogens is 1. The number of hydrogen-bond donors (Lipinski definition) is 4. The summed E-state index contributed by atoms with van der Waals surface area (Å²) >= 11 is 6.51. The van der Waals surface area contributed by atoms with Crippen LogP contribution < -0.4 is 16.8 Å². The van der Waals surface area contributed by atoms with E-state index >= 15 is 0 Å². The molecule has 0 aliphatic carbocycles. The van der Waals surface area contributed by atoms with Gasteiger partial charge in [0.25, 0.3) is 0 Å². The first-order valence-electron chi connectivity index (χ1n) is 8.93. The van der Waals surface area contributed by atoms with Gasteiger partial charge in [0.2, 0.25) is 5.95 Å². The molecule has 0 saturated heterocycles. The van der Waals surface area contributed by atoms with Crippen LogP contribution >= 0.6 is 11.6 Å². The number of hydrogen-bond acceptors (Lipinski definition) is 8. The van der Waals surface area contributed by atoms with Crippen molar-refractivity contribution in [3.8, 4) is 17.5 Å². The van der Waals surface area contributed by atoms with E-state index < -0.39 is 0 Å². The Kier molecular flexibility index (Phi) is 4.77. The predicted molar refractivity (Wildman–Crippen MR) is 115 cm³/mol. The molecule has 0 saturated carbocycles. The van der Waals surface area contributed by atoms with E-state index in [1.165, 1.54) is 0 Å². The molecule has 0 spiro atoms. The van der Waals surface area contributed by atoms with Crippen LogP contribution in [0.1, 0.15) is 24.1 Å². The van der Waals surface area contributed by atoms with Crippen LogP contribution in [0.5, 0.6) is 5.75 Å². The summed E-state index contributed by atoms with van der Waals surface area (Å²) in [5.74, 6) is 0.373. The molecule has 0 aliphatic heterocycles. The second-order valence-corrected chi connectivity index (χ2v) is 7.04. The highest BCUT2D eigenvalue weighted by molar-refractivity contribution is 6.35. The van der Waals surface area contributed by atoms with Crippen molar-refractivity contribution in [3.05, 3.63) is 58.9 Å². The Bertz CT molecular complexity index is 1290. The number of nitriles is 1. The fraction of sp³-hybridized carbons (Fsp3) is 0.100. The minimum atomic E-state index is -0.326. The van der Waals surface area contributed by atoms with Crippen LogP contribution in [-0.2, 0) is 0 Å². The first-order chi connectivity index (χ1) is 14.4. The maximum absolute atomic E-state index is 9.60. The van der Waals surface area contributed by atoms with Crippen LogP contribution in [0.3, 0.4) is 0 Å². The summed E-state index contributed by atoms with van der Waals surface area (Å²) in [5.41, 5.74) is 13.9. The molecule has 0 amide bonds. The quantitative estimate of drug-likeness (QED) is 0.392. The summed E-state index contributed by atoms with van der Waals surface area (Å²) in [5, 5.41) is 23.5. The zero-order valence-electron chi connectivity index (χ0n) is 15.8. The lowest BCUT2D eigenvalue weighted by molar-refractivity contribution is 0.475.